The number of carboxylic acid groups (broad SMARTS) is 1. The molecule has 0 atom stereocenters. The first-order valence-electron chi connectivity index (χ1n) is 5.21. The van der Waals surface area contributed by atoms with Crippen LogP contribution in [0.15, 0.2) is 5.38 Å². The van der Waals surface area contributed by atoms with Crippen LogP contribution >= 0.6 is 11.3 Å². The summed E-state index contributed by atoms with van der Waals surface area (Å²) in [6, 6.07) is 0. The van der Waals surface area contributed by atoms with Gasteiger partial charge in [0.15, 0.2) is 15.0 Å². The van der Waals surface area contributed by atoms with Crippen LogP contribution < -0.4 is 5.32 Å². The first-order chi connectivity index (χ1) is 8.12. The standard InChI is InChI=1S/C10H16N2O4S2/c1-10(2,18(3,15)16)6-11-9-12-7(5-17-9)4-8(13)14/h5H,4,6H2,1-3H3,(H,11,12)(H,13,14). The fourth-order valence-corrected chi connectivity index (χ4v) is 2.09. The molecule has 0 spiro atoms. The number of hydrogen-bond acceptors (Lipinski definition) is 6. The summed E-state index contributed by atoms with van der Waals surface area (Å²) in [4.78, 5) is 14.6. The summed E-state index contributed by atoms with van der Waals surface area (Å²) in [6.07, 6.45) is 1.06. The van der Waals surface area contributed by atoms with Crippen LogP contribution in [0.2, 0.25) is 0 Å². The van der Waals surface area contributed by atoms with E-state index in [0.717, 1.165) is 0 Å². The molecule has 0 aliphatic heterocycles. The maximum Gasteiger partial charge on any atom is 0.309 e. The number of aromatic nitrogens is 1. The summed E-state index contributed by atoms with van der Waals surface area (Å²) in [5.74, 6) is -0.941. The van der Waals surface area contributed by atoms with E-state index in [9.17, 15) is 13.2 Å². The van der Waals surface area contributed by atoms with Crippen LogP contribution in [0.25, 0.3) is 0 Å². The van der Waals surface area contributed by atoms with Gasteiger partial charge in [0.1, 0.15) is 0 Å². The highest BCUT2D eigenvalue weighted by molar-refractivity contribution is 7.92. The van der Waals surface area contributed by atoms with Crippen molar-refractivity contribution in [3.05, 3.63) is 11.1 Å². The third kappa shape index (κ3) is 3.95. The zero-order valence-corrected chi connectivity index (χ0v) is 12.1. The number of nitrogens with zero attached hydrogens (tertiary/aromatic N) is 1. The van der Waals surface area contributed by atoms with Gasteiger partial charge in [-0.15, -0.1) is 11.3 Å². The summed E-state index contributed by atoms with van der Waals surface area (Å²) in [6.45, 7) is 3.48. The lowest BCUT2D eigenvalue weighted by molar-refractivity contribution is -0.136. The predicted octanol–water partition coefficient (Wildman–Crippen LogP) is 1.01. The number of nitrogens with one attached hydrogen (secondary N) is 1. The lowest BCUT2D eigenvalue weighted by Crippen LogP contribution is -2.38. The Hall–Kier alpha value is -1.15. The zero-order chi connectivity index (χ0) is 14.0. The first-order valence-corrected chi connectivity index (χ1v) is 7.98. The van der Waals surface area contributed by atoms with Crippen LogP contribution in [0.3, 0.4) is 0 Å². The van der Waals surface area contributed by atoms with Gasteiger partial charge in [0.25, 0.3) is 0 Å². The largest absolute Gasteiger partial charge is 0.481 e. The van der Waals surface area contributed by atoms with Crippen molar-refractivity contribution >= 4 is 32.3 Å². The number of thiazole rings is 1. The number of anilines is 1. The molecular weight excluding hydrogens is 276 g/mol. The maximum absolute atomic E-state index is 11.5. The third-order valence-corrected chi connectivity index (χ3v) is 5.55. The summed E-state index contributed by atoms with van der Waals surface area (Å²) in [5.41, 5.74) is 0.465. The molecule has 0 aliphatic rings. The molecule has 1 heterocycles. The highest BCUT2D eigenvalue weighted by Gasteiger charge is 2.30. The van der Waals surface area contributed by atoms with Crippen LogP contribution in [-0.2, 0) is 21.1 Å². The van der Waals surface area contributed by atoms with Gasteiger partial charge in [0.05, 0.1) is 16.9 Å². The van der Waals surface area contributed by atoms with Crippen LogP contribution in [0.5, 0.6) is 0 Å². The molecule has 1 rings (SSSR count). The Labute approximate surface area is 110 Å². The molecule has 0 radical (unpaired) electrons. The number of sulfone groups is 1. The van der Waals surface area contributed by atoms with Crippen molar-refractivity contribution in [1.29, 1.82) is 0 Å². The highest BCUT2D eigenvalue weighted by atomic mass is 32.2. The van der Waals surface area contributed by atoms with Crippen molar-refractivity contribution in [2.75, 3.05) is 18.1 Å². The monoisotopic (exact) mass is 292 g/mol. The summed E-state index contributed by atoms with van der Waals surface area (Å²) in [7, 11) is -3.16. The molecule has 0 bridgehead atoms. The lowest BCUT2D eigenvalue weighted by Gasteiger charge is -2.22. The Morgan fingerprint density at radius 1 is 1.56 bits per heavy atom. The number of rotatable bonds is 6. The molecule has 8 heteroatoms. The van der Waals surface area contributed by atoms with E-state index in [1.807, 2.05) is 0 Å². The second kappa shape index (κ2) is 5.23. The van der Waals surface area contributed by atoms with Crippen LogP contribution in [0, 0.1) is 0 Å². The number of hydrogen-bond donors (Lipinski definition) is 2. The Kier molecular flexibility index (Phi) is 4.33. The van der Waals surface area contributed by atoms with E-state index in [4.69, 9.17) is 5.11 Å². The Morgan fingerprint density at radius 3 is 2.67 bits per heavy atom. The number of aliphatic carboxylic acids is 1. The SMILES string of the molecule is CC(C)(CNc1nc(CC(=O)O)cs1)S(C)(=O)=O. The Balaban J connectivity index is 2.65. The number of carboxylic acids is 1. The molecule has 102 valence electrons. The topological polar surface area (TPSA) is 96.4 Å². The molecule has 1 aromatic rings. The first kappa shape index (κ1) is 14.9. The number of carbonyl (C=O) groups is 1. The van der Waals surface area contributed by atoms with Crippen molar-refractivity contribution in [2.24, 2.45) is 0 Å². The molecule has 0 aliphatic carbocycles. The zero-order valence-electron chi connectivity index (χ0n) is 10.4. The molecule has 1 aromatic heterocycles. The Morgan fingerprint density at radius 2 is 2.17 bits per heavy atom. The van der Waals surface area contributed by atoms with E-state index >= 15 is 0 Å². The summed E-state index contributed by atoms with van der Waals surface area (Å²) < 4.78 is 22.1. The fraction of sp³-hybridized carbons (Fsp3) is 0.600. The highest BCUT2D eigenvalue weighted by Crippen LogP contribution is 2.20. The summed E-state index contributed by atoms with van der Waals surface area (Å²) >= 11 is 1.26. The predicted molar refractivity (Wildman–Crippen MR) is 70.9 cm³/mol. The second-order valence-electron chi connectivity index (χ2n) is 4.60. The second-order valence-corrected chi connectivity index (χ2v) is 8.11. The van der Waals surface area contributed by atoms with Gasteiger partial charge in [-0.1, -0.05) is 0 Å². The maximum atomic E-state index is 11.5. The van der Waals surface area contributed by atoms with E-state index in [1.54, 1.807) is 19.2 Å². The normalized spacial score (nSPS) is 12.4. The van der Waals surface area contributed by atoms with Crippen LogP contribution in [0.1, 0.15) is 19.5 Å². The molecule has 18 heavy (non-hydrogen) atoms. The van der Waals surface area contributed by atoms with Gasteiger partial charge in [0, 0.05) is 18.2 Å². The summed E-state index contributed by atoms with van der Waals surface area (Å²) in [5, 5.41) is 13.7. The smallest absolute Gasteiger partial charge is 0.309 e. The van der Waals surface area contributed by atoms with Gasteiger partial charge >= 0.3 is 5.97 Å². The average Bonchev–Trinajstić information content (AvgIpc) is 2.60. The van der Waals surface area contributed by atoms with Crippen molar-refractivity contribution < 1.29 is 18.3 Å². The van der Waals surface area contributed by atoms with Crippen molar-refractivity contribution in [3.63, 3.8) is 0 Å². The quantitative estimate of drug-likeness (QED) is 0.812. The Bertz CT molecular complexity index is 534. The van der Waals surface area contributed by atoms with Crippen LogP contribution in [0.4, 0.5) is 5.13 Å². The van der Waals surface area contributed by atoms with Gasteiger partial charge in [-0.3, -0.25) is 4.79 Å². The van der Waals surface area contributed by atoms with Crippen molar-refractivity contribution in [2.45, 2.75) is 25.0 Å². The average molecular weight is 292 g/mol. The van der Waals surface area contributed by atoms with E-state index in [2.05, 4.69) is 10.3 Å². The minimum atomic E-state index is -3.16. The van der Waals surface area contributed by atoms with Gasteiger partial charge in [-0.2, -0.15) is 0 Å². The molecule has 0 amide bonds. The van der Waals surface area contributed by atoms with Gasteiger partial charge in [-0.05, 0) is 13.8 Å². The third-order valence-electron chi connectivity index (χ3n) is 2.55. The molecule has 0 aromatic carbocycles. The van der Waals surface area contributed by atoms with Gasteiger partial charge < -0.3 is 10.4 Å². The minimum Gasteiger partial charge on any atom is -0.481 e. The molecule has 0 saturated carbocycles. The lowest BCUT2D eigenvalue weighted by atomic mass is 10.2. The molecule has 0 unspecified atom stereocenters. The molecule has 2 N–H and O–H groups in total. The minimum absolute atomic E-state index is 0.131. The molecule has 6 nitrogen and oxygen atoms in total. The van der Waals surface area contributed by atoms with E-state index in [1.165, 1.54) is 17.6 Å². The molecule has 0 saturated heterocycles. The van der Waals surface area contributed by atoms with E-state index in [-0.39, 0.29) is 13.0 Å². The van der Waals surface area contributed by atoms with E-state index in [0.29, 0.717) is 10.8 Å². The van der Waals surface area contributed by atoms with Crippen molar-refractivity contribution in [1.82, 2.24) is 4.98 Å². The molecule has 0 fully saturated rings. The van der Waals surface area contributed by atoms with Crippen LogP contribution in [-0.4, -0.2) is 42.0 Å². The van der Waals surface area contributed by atoms with Gasteiger partial charge in [-0.25, -0.2) is 13.4 Å². The van der Waals surface area contributed by atoms with Gasteiger partial charge in [0.2, 0.25) is 0 Å². The fourth-order valence-electron chi connectivity index (χ4n) is 1.04. The van der Waals surface area contributed by atoms with E-state index < -0.39 is 20.6 Å². The van der Waals surface area contributed by atoms with Crippen molar-refractivity contribution in [3.8, 4) is 0 Å². The molecular formula is C10H16N2O4S2.